The van der Waals surface area contributed by atoms with E-state index in [9.17, 15) is 14.0 Å². The maximum absolute atomic E-state index is 13.8. The first kappa shape index (κ1) is 19.2. The highest BCUT2D eigenvalue weighted by atomic mass is 35.5. The minimum Gasteiger partial charge on any atom is -0.484 e. The molecular weight excluding hydrogens is 371 g/mol. The van der Waals surface area contributed by atoms with Gasteiger partial charge in [-0.2, -0.15) is 0 Å². The van der Waals surface area contributed by atoms with Crippen LogP contribution in [0, 0.1) is 5.82 Å². The van der Waals surface area contributed by atoms with Crippen LogP contribution < -0.4 is 10.1 Å². The number of nitrogens with zero attached hydrogens (tertiary/aromatic N) is 1. The first-order chi connectivity index (χ1) is 13.0. The molecule has 0 unspecified atom stereocenters. The van der Waals surface area contributed by atoms with Gasteiger partial charge in [0.05, 0.1) is 10.6 Å². The number of carbonyl (C=O) groups excluding carboxylic acids is 2. The zero-order valence-electron chi connectivity index (χ0n) is 14.7. The zero-order valence-corrected chi connectivity index (χ0v) is 15.4. The second-order valence-corrected chi connectivity index (χ2v) is 6.73. The fourth-order valence-corrected chi connectivity index (χ4v) is 3.25. The lowest BCUT2D eigenvalue weighted by atomic mass is 10.0. The van der Waals surface area contributed by atoms with Gasteiger partial charge >= 0.3 is 0 Å². The van der Waals surface area contributed by atoms with Crippen molar-refractivity contribution in [3.63, 3.8) is 0 Å². The predicted octanol–water partition coefficient (Wildman–Crippen LogP) is 3.28. The van der Waals surface area contributed by atoms with Gasteiger partial charge in [-0.15, -0.1) is 0 Å². The maximum Gasteiger partial charge on any atom is 0.260 e. The molecule has 2 aromatic carbocycles. The molecule has 1 fully saturated rings. The molecule has 2 aromatic rings. The van der Waals surface area contributed by atoms with Crippen molar-refractivity contribution in [2.45, 2.75) is 18.9 Å². The van der Waals surface area contributed by atoms with Gasteiger partial charge in [0.15, 0.2) is 6.61 Å². The Hall–Kier alpha value is -2.60. The number of hydrogen-bond donors (Lipinski definition) is 1. The van der Waals surface area contributed by atoms with E-state index >= 15 is 0 Å². The van der Waals surface area contributed by atoms with E-state index in [1.165, 1.54) is 18.2 Å². The Labute approximate surface area is 162 Å². The van der Waals surface area contributed by atoms with E-state index in [4.69, 9.17) is 16.3 Å². The van der Waals surface area contributed by atoms with Gasteiger partial charge in [0, 0.05) is 19.1 Å². The number of benzene rings is 2. The van der Waals surface area contributed by atoms with Crippen molar-refractivity contribution in [3.8, 4) is 5.75 Å². The summed E-state index contributed by atoms with van der Waals surface area (Å²) in [5.41, 5.74) is -0.145. The van der Waals surface area contributed by atoms with Crippen LogP contribution in [0.2, 0.25) is 5.02 Å². The number of ether oxygens (including phenoxy) is 1. The molecule has 5 nitrogen and oxygen atoms in total. The number of likely N-dealkylation sites (tertiary alicyclic amines) is 1. The van der Waals surface area contributed by atoms with E-state index in [1.54, 1.807) is 17.0 Å². The lowest BCUT2D eigenvalue weighted by molar-refractivity contribution is -0.134. The molecule has 27 heavy (non-hydrogen) atoms. The van der Waals surface area contributed by atoms with Crippen molar-refractivity contribution in [1.29, 1.82) is 0 Å². The quantitative estimate of drug-likeness (QED) is 0.852. The molecule has 2 amide bonds. The van der Waals surface area contributed by atoms with Gasteiger partial charge in [0.25, 0.3) is 11.8 Å². The molecule has 1 saturated heterocycles. The summed E-state index contributed by atoms with van der Waals surface area (Å²) in [6, 6.07) is 13.2. The average molecular weight is 391 g/mol. The van der Waals surface area contributed by atoms with Crippen molar-refractivity contribution in [1.82, 2.24) is 10.2 Å². The maximum atomic E-state index is 13.8. The van der Waals surface area contributed by atoms with Crippen LogP contribution in [0.3, 0.4) is 0 Å². The molecule has 0 atom stereocenters. The first-order valence-corrected chi connectivity index (χ1v) is 9.13. The molecule has 1 N–H and O–H groups in total. The van der Waals surface area contributed by atoms with Gasteiger partial charge in [0.1, 0.15) is 11.6 Å². The van der Waals surface area contributed by atoms with Gasteiger partial charge in [0.2, 0.25) is 0 Å². The monoisotopic (exact) mass is 390 g/mol. The normalized spacial score (nSPS) is 14.7. The number of halogens is 2. The van der Waals surface area contributed by atoms with E-state index in [0.29, 0.717) is 31.7 Å². The Balaban J connectivity index is 1.47. The number of carbonyl (C=O) groups is 2. The van der Waals surface area contributed by atoms with Gasteiger partial charge in [-0.25, -0.2) is 4.39 Å². The summed E-state index contributed by atoms with van der Waals surface area (Å²) < 4.78 is 19.3. The molecule has 0 radical (unpaired) electrons. The molecular formula is C20H20ClFN2O3. The number of rotatable bonds is 5. The number of nitrogens with one attached hydrogen (secondary N) is 1. The fourth-order valence-electron chi connectivity index (χ4n) is 3.00. The molecule has 7 heteroatoms. The van der Waals surface area contributed by atoms with Crippen LogP contribution in [0.15, 0.2) is 48.5 Å². The topological polar surface area (TPSA) is 58.6 Å². The molecule has 0 bridgehead atoms. The van der Waals surface area contributed by atoms with E-state index in [0.717, 1.165) is 0 Å². The largest absolute Gasteiger partial charge is 0.484 e. The summed E-state index contributed by atoms with van der Waals surface area (Å²) in [5, 5.41) is 2.88. The van der Waals surface area contributed by atoms with E-state index in [-0.39, 0.29) is 29.1 Å². The summed E-state index contributed by atoms with van der Waals surface area (Å²) in [4.78, 5) is 26.3. The molecule has 142 valence electrons. The molecule has 1 aliphatic heterocycles. The third kappa shape index (κ3) is 4.98. The molecule has 1 heterocycles. The van der Waals surface area contributed by atoms with Gasteiger partial charge in [-0.05, 0) is 37.1 Å². The van der Waals surface area contributed by atoms with Gasteiger partial charge in [-0.1, -0.05) is 35.9 Å². The average Bonchev–Trinajstić information content (AvgIpc) is 2.67. The second-order valence-electron chi connectivity index (χ2n) is 6.33. The smallest absolute Gasteiger partial charge is 0.260 e. The zero-order chi connectivity index (χ0) is 19.2. The Kier molecular flexibility index (Phi) is 6.29. The summed E-state index contributed by atoms with van der Waals surface area (Å²) >= 11 is 5.92. The second kappa shape index (κ2) is 8.86. The molecule has 0 spiro atoms. The minimum absolute atomic E-state index is 0.0220. The first-order valence-electron chi connectivity index (χ1n) is 8.75. The van der Waals surface area contributed by atoms with Crippen LogP contribution in [-0.2, 0) is 4.79 Å². The number of piperidine rings is 1. The van der Waals surface area contributed by atoms with Crippen LogP contribution in [-0.4, -0.2) is 42.5 Å². The van der Waals surface area contributed by atoms with Gasteiger partial charge < -0.3 is 15.0 Å². The molecule has 1 aliphatic rings. The Morgan fingerprint density at radius 2 is 1.81 bits per heavy atom. The lowest BCUT2D eigenvalue weighted by Crippen LogP contribution is -2.47. The van der Waals surface area contributed by atoms with Crippen molar-refractivity contribution >= 4 is 23.4 Å². The summed E-state index contributed by atoms with van der Waals surface area (Å²) in [6.45, 7) is 0.992. The van der Waals surface area contributed by atoms with Crippen LogP contribution in [0.1, 0.15) is 23.2 Å². The number of para-hydroxylation sites is 1. The van der Waals surface area contributed by atoms with E-state index < -0.39 is 11.7 Å². The molecule has 0 aromatic heterocycles. The van der Waals surface area contributed by atoms with Crippen LogP contribution in [0.4, 0.5) is 4.39 Å². The highest BCUT2D eigenvalue weighted by Gasteiger charge is 2.25. The highest BCUT2D eigenvalue weighted by Crippen LogP contribution is 2.20. The van der Waals surface area contributed by atoms with Crippen molar-refractivity contribution in [2.24, 2.45) is 0 Å². The lowest BCUT2D eigenvalue weighted by Gasteiger charge is -2.32. The van der Waals surface area contributed by atoms with Crippen molar-refractivity contribution < 1.29 is 18.7 Å². The summed E-state index contributed by atoms with van der Waals surface area (Å²) in [6.07, 6.45) is 1.18. The number of amides is 2. The third-order valence-corrected chi connectivity index (χ3v) is 4.79. The van der Waals surface area contributed by atoms with Gasteiger partial charge in [-0.3, -0.25) is 9.59 Å². The summed E-state index contributed by atoms with van der Waals surface area (Å²) in [7, 11) is 0. The van der Waals surface area contributed by atoms with Crippen molar-refractivity contribution in [2.75, 3.05) is 19.7 Å². The van der Waals surface area contributed by atoms with Crippen LogP contribution in [0.5, 0.6) is 5.75 Å². The van der Waals surface area contributed by atoms with Crippen LogP contribution >= 0.6 is 11.6 Å². The Morgan fingerprint density at radius 3 is 2.48 bits per heavy atom. The predicted molar refractivity (Wildman–Crippen MR) is 100 cm³/mol. The SMILES string of the molecule is O=C(NC1CCN(C(=O)COc2ccccc2)CC1)c1c(F)cccc1Cl. The Bertz CT molecular complexity index is 788. The number of hydrogen-bond acceptors (Lipinski definition) is 3. The molecule has 3 rings (SSSR count). The standard InChI is InChI=1S/C20H20ClFN2O3/c21-16-7-4-8-17(22)19(16)20(26)23-14-9-11-24(12-10-14)18(25)13-27-15-5-2-1-3-6-15/h1-8,14H,9-13H2,(H,23,26). The third-order valence-electron chi connectivity index (χ3n) is 4.48. The highest BCUT2D eigenvalue weighted by molar-refractivity contribution is 6.33. The van der Waals surface area contributed by atoms with E-state index in [2.05, 4.69) is 5.32 Å². The Morgan fingerprint density at radius 1 is 1.11 bits per heavy atom. The van der Waals surface area contributed by atoms with Crippen LogP contribution in [0.25, 0.3) is 0 Å². The van der Waals surface area contributed by atoms with Crippen molar-refractivity contribution in [3.05, 3.63) is 64.9 Å². The summed E-state index contributed by atoms with van der Waals surface area (Å²) in [5.74, 6) is -0.628. The van der Waals surface area contributed by atoms with E-state index in [1.807, 2.05) is 18.2 Å². The molecule has 0 aliphatic carbocycles. The minimum atomic E-state index is -0.648. The fraction of sp³-hybridized carbons (Fsp3) is 0.300. The molecule has 0 saturated carbocycles.